The van der Waals surface area contributed by atoms with Crippen molar-refractivity contribution in [2.45, 2.75) is 19.3 Å². The van der Waals surface area contributed by atoms with Crippen LogP contribution in [0.25, 0.3) is 22.2 Å². The van der Waals surface area contributed by atoms with E-state index in [0.717, 1.165) is 41.1 Å². The normalized spacial score (nSPS) is 14.6. The number of primary amides is 1. The first-order valence-electron chi connectivity index (χ1n) is 8.63. The third-order valence-corrected chi connectivity index (χ3v) is 4.71. The second-order valence-electron chi connectivity index (χ2n) is 6.42. The molecule has 5 nitrogen and oxygen atoms in total. The van der Waals surface area contributed by atoms with Crippen LogP contribution in [0, 0.1) is 0 Å². The van der Waals surface area contributed by atoms with Crippen molar-refractivity contribution in [2.24, 2.45) is 5.73 Å². The third kappa shape index (κ3) is 3.18. The molecule has 5 heteroatoms. The Balaban J connectivity index is 1.69. The van der Waals surface area contributed by atoms with Gasteiger partial charge in [0.05, 0.1) is 17.2 Å². The quantitative estimate of drug-likeness (QED) is 0.798. The summed E-state index contributed by atoms with van der Waals surface area (Å²) in [6.45, 7) is 2.10. The maximum absolute atomic E-state index is 11.2. The number of anilines is 1. The molecule has 1 aliphatic heterocycles. The number of carbonyl (C=O) groups excluding carboxylic acids is 1. The highest BCUT2D eigenvalue weighted by molar-refractivity contribution is 5.93. The summed E-state index contributed by atoms with van der Waals surface area (Å²) in [6, 6.07) is 13.4. The minimum atomic E-state index is -0.415. The first-order valence-corrected chi connectivity index (χ1v) is 8.63. The molecule has 2 aromatic carbocycles. The highest BCUT2D eigenvalue weighted by Gasteiger charge is 2.13. The van der Waals surface area contributed by atoms with Crippen LogP contribution >= 0.6 is 0 Å². The highest BCUT2D eigenvalue weighted by Crippen LogP contribution is 2.25. The first kappa shape index (κ1) is 15.6. The maximum Gasteiger partial charge on any atom is 0.248 e. The molecular formula is C20H20N4O. The van der Waals surface area contributed by atoms with Crippen LogP contribution in [0.5, 0.6) is 0 Å². The molecule has 3 aromatic rings. The van der Waals surface area contributed by atoms with Crippen LogP contribution in [0.4, 0.5) is 5.82 Å². The predicted octanol–water partition coefficient (Wildman–Crippen LogP) is 3.39. The SMILES string of the molecule is NC(=O)c1ccc(-c2ccc3ncc(N4CCCCC4)nc3c2)cc1. The van der Waals surface area contributed by atoms with Crippen LogP contribution in [0.15, 0.2) is 48.7 Å². The fraction of sp³-hybridized carbons (Fsp3) is 0.250. The molecule has 1 saturated heterocycles. The third-order valence-electron chi connectivity index (χ3n) is 4.71. The van der Waals surface area contributed by atoms with Gasteiger partial charge in [-0.15, -0.1) is 0 Å². The fourth-order valence-electron chi connectivity index (χ4n) is 3.28. The van der Waals surface area contributed by atoms with Crippen molar-refractivity contribution in [1.82, 2.24) is 9.97 Å². The van der Waals surface area contributed by atoms with Crippen LogP contribution in [-0.2, 0) is 0 Å². The van der Waals surface area contributed by atoms with Crippen LogP contribution < -0.4 is 10.6 Å². The van der Waals surface area contributed by atoms with Gasteiger partial charge in [-0.2, -0.15) is 0 Å². The molecule has 1 fully saturated rings. The van der Waals surface area contributed by atoms with Crippen molar-refractivity contribution in [1.29, 1.82) is 0 Å². The van der Waals surface area contributed by atoms with E-state index in [-0.39, 0.29) is 0 Å². The van der Waals surface area contributed by atoms with E-state index in [9.17, 15) is 4.79 Å². The lowest BCUT2D eigenvalue weighted by Gasteiger charge is -2.27. The summed E-state index contributed by atoms with van der Waals surface area (Å²) in [4.78, 5) is 22.9. The number of piperidine rings is 1. The fourth-order valence-corrected chi connectivity index (χ4v) is 3.28. The Morgan fingerprint density at radius 2 is 1.64 bits per heavy atom. The molecule has 1 aliphatic rings. The molecular weight excluding hydrogens is 312 g/mol. The Bertz CT molecular complexity index is 915. The van der Waals surface area contributed by atoms with Crippen molar-refractivity contribution < 1.29 is 4.79 Å². The summed E-state index contributed by atoms with van der Waals surface area (Å²) >= 11 is 0. The summed E-state index contributed by atoms with van der Waals surface area (Å²) in [6.07, 6.45) is 5.59. The molecule has 2 heterocycles. The molecule has 0 unspecified atom stereocenters. The van der Waals surface area contributed by atoms with E-state index in [0.29, 0.717) is 5.56 Å². The van der Waals surface area contributed by atoms with E-state index >= 15 is 0 Å². The largest absolute Gasteiger partial charge is 0.366 e. The number of rotatable bonds is 3. The average Bonchev–Trinajstić information content (AvgIpc) is 2.68. The molecule has 1 amide bonds. The van der Waals surface area contributed by atoms with Gasteiger partial charge >= 0.3 is 0 Å². The zero-order valence-corrected chi connectivity index (χ0v) is 14.0. The smallest absolute Gasteiger partial charge is 0.248 e. The number of hydrogen-bond acceptors (Lipinski definition) is 4. The molecule has 0 radical (unpaired) electrons. The summed E-state index contributed by atoms with van der Waals surface area (Å²) < 4.78 is 0. The van der Waals surface area contributed by atoms with Gasteiger partial charge in [0, 0.05) is 18.7 Å². The molecule has 0 spiro atoms. The summed E-state index contributed by atoms with van der Waals surface area (Å²) in [7, 11) is 0. The van der Waals surface area contributed by atoms with Crippen molar-refractivity contribution >= 4 is 22.8 Å². The molecule has 0 aliphatic carbocycles. The van der Waals surface area contributed by atoms with Crippen LogP contribution in [0.2, 0.25) is 0 Å². The van der Waals surface area contributed by atoms with E-state index in [2.05, 4.69) is 16.0 Å². The van der Waals surface area contributed by atoms with Crippen molar-refractivity contribution in [3.05, 3.63) is 54.2 Å². The molecule has 0 bridgehead atoms. The Labute approximate surface area is 146 Å². The Morgan fingerprint density at radius 3 is 2.36 bits per heavy atom. The van der Waals surface area contributed by atoms with Gasteiger partial charge in [-0.05, 0) is 54.7 Å². The van der Waals surface area contributed by atoms with Gasteiger partial charge in [0.1, 0.15) is 5.82 Å². The molecule has 0 atom stereocenters. The number of benzene rings is 2. The number of amides is 1. The van der Waals surface area contributed by atoms with Crippen LogP contribution in [0.1, 0.15) is 29.6 Å². The first-order chi connectivity index (χ1) is 12.2. The topological polar surface area (TPSA) is 72.1 Å². The van der Waals surface area contributed by atoms with E-state index in [1.54, 1.807) is 12.1 Å². The summed E-state index contributed by atoms with van der Waals surface area (Å²) in [5, 5.41) is 0. The number of hydrogen-bond donors (Lipinski definition) is 1. The predicted molar refractivity (Wildman–Crippen MR) is 99.6 cm³/mol. The van der Waals surface area contributed by atoms with Crippen molar-refractivity contribution in [3.8, 4) is 11.1 Å². The van der Waals surface area contributed by atoms with E-state index < -0.39 is 5.91 Å². The number of aromatic nitrogens is 2. The second kappa shape index (κ2) is 6.51. The lowest BCUT2D eigenvalue weighted by atomic mass is 10.0. The molecule has 1 aromatic heterocycles. The minimum Gasteiger partial charge on any atom is -0.366 e. The average molecular weight is 332 g/mol. The zero-order valence-electron chi connectivity index (χ0n) is 14.0. The maximum atomic E-state index is 11.2. The molecule has 4 rings (SSSR count). The van der Waals surface area contributed by atoms with Gasteiger partial charge in [0.25, 0.3) is 0 Å². The lowest BCUT2D eigenvalue weighted by Crippen LogP contribution is -2.30. The monoisotopic (exact) mass is 332 g/mol. The zero-order chi connectivity index (χ0) is 17.2. The van der Waals surface area contributed by atoms with E-state index in [1.807, 2.05) is 30.5 Å². The van der Waals surface area contributed by atoms with Gasteiger partial charge in [-0.3, -0.25) is 9.78 Å². The van der Waals surface area contributed by atoms with E-state index in [4.69, 9.17) is 10.7 Å². The van der Waals surface area contributed by atoms with Crippen molar-refractivity contribution in [3.63, 3.8) is 0 Å². The highest BCUT2D eigenvalue weighted by atomic mass is 16.1. The molecule has 126 valence electrons. The molecule has 25 heavy (non-hydrogen) atoms. The second-order valence-corrected chi connectivity index (χ2v) is 6.42. The van der Waals surface area contributed by atoms with Crippen LogP contribution in [0.3, 0.4) is 0 Å². The van der Waals surface area contributed by atoms with E-state index in [1.165, 1.54) is 19.3 Å². The lowest BCUT2D eigenvalue weighted by molar-refractivity contribution is 0.100. The summed E-state index contributed by atoms with van der Waals surface area (Å²) in [5.74, 6) is 0.538. The van der Waals surface area contributed by atoms with Gasteiger partial charge < -0.3 is 10.6 Å². The van der Waals surface area contributed by atoms with Crippen LogP contribution in [-0.4, -0.2) is 29.0 Å². The van der Waals surface area contributed by atoms with Gasteiger partial charge in [0.15, 0.2) is 0 Å². The Kier molecular flexibility index (Phi) is 4.06. The van der Waals surface area contributed by atoms with Gasteiger partial charge in [-0.1, -0.05) is 18.2 Å². The Hall–Kier alpha value is -2.95. The van der Waals surface area contributed by atoms with Crippen molar-refractivity contribution in [2.75, 3.05) is 18.0 Å². The Morgan fingerprint density at radius 1 is 0.920 bits per heavy atom. The number of nitrogens with zero attached hydrogens (tertiary/aromatic N) is 3. The molecule has 0 saturated carbocycles. The molecule has 2 N–H and O–H groups in total. The van der Waals surface area contributed by atoms with Gasteiger partial charge in [-0.25, -0.2) is 4.98 Å². The summed E-state index contributed by atoms with van der Waals surface area (Å²) in [5.41, 5.74) is 9.66. The standard InChI is InChI=1S/C20H20N4O/c21-20(25)15-6-4-14(5-7-15)16-8-9-17-18(12-16)23-19(13-22-17)24-10-2-1-3-11-24/h4-9,12-13H,1-3,10-11H2,(H2,21,25). The number of fused-ring (bicyclic) bond motifs is 1. The number of carbonyl (C=O) groups is 1. The van der Waals surface area contributed by atoms with Gasteiger partial charge in [0.2, 0.25) is 5.91 Å². The minimum absolute atomic E-state index is 0.415. The number of nitrogens with two attached hydrogens (primary N) is 1.